The monoisotopic (exact) mass is 317 g/mol. The number of amides is 2. The highest BCUT2D eigenvalue weighted by Crippen LogP contribution is 2.18. The lowest BCUT2D eigenvalue weighted by atomic mass is 10.2. The van der Waals surface area contributed by atoms with E-state index in [-0.39, 0.29) is 12.1 Å². The van der Waals surface area contributed by atoms with Gasteiger partial charge in [-0.15, -0.1) is 10.2 Å². The second kappa shape index (κ2) is 7.21. The van der Waals surface area contributed by atoms with E-state index in [4.69, 9.17) is 9.47 Å². The van der Waals surface area contributed by atoms with Crippen LogP contribution in [0.15, 0.2) is 30.6 Å². The zero-order valence-corrected chi connectivity index (χ0v) is 12.9. The maximum absolute atomic E-state index is 11.9. The summed E-state index contributed by atoms with van der Waals surface area (Å²) in [6.07, 6.45) is 1.55. The number of nitrogens with one attached hydrogen (secondary N) is 2. The van der Waals surface area contributed by atoms with Crippen molar-refractivity contribution in [1.29, 1.82) is 0 Å². The smallest absolute Gasteiger partial charge is 0.319 e. The van der Waals surface area contributed by atoms with E-state index in [1.165, 1.54) is 0 Å². The molecule has 2 amide bonds. The molecular weight excluding hydrogens is 298 g/mol. The summed E-state index contributed by atoms with van der Waals surface area (Å²) in [6.45, 7) is 2.10. The van der Waals surface area contributed by atoms with Gasteiger partial charge in [0.2, 0.25) is 0 Å². The summed E-state index contributed by atoms with van der Waals surface area (Å²) in [5, 5.41) is 13.4. The lowest BCUT2D eigenvalue weighted by molar-refractivity contribution is -0.0852. The second-order valence-corrected chi connectivity index (χ2v) is 5.25. The van der Waals surface area contributed by atoms with E-state index in [0.717, 1.165) is 11.4 Å². The topological polar surface area (TPSA) is 90.3 Å². The zero-order chi connectivity index (χ0) is 16.1. The lowest BCUT2D eigenvalue weighted by Crippen LogP contribution is -2.41. The molecule has 2 heterocycles. The fraction of sp³-hybridized carbons (Fsp3) is 0.400. The quantitative estimate of drug-likeness (QED) is 0.878. The normalized spacial score (nSPS) is 17.7. The Bertz CT molecular complexity index is 649. The fourth-order valence-corrected chi connectivity index (χ4v) is 2.28. The molecule has 0 radical (unpaired) electrons. The van der Waals surface area contributed by atoms with Crippen molar-refractivity contribution in [1.82, 2.24) is 20.1 Å². The Hall–Kier alpha value is -2.45. The van der Waals surface area contributed by atoms with E-state index in [0.29, 0.717) is 32.1 Å². The molecule has 2 N–H and O–H groups in total. The Labute approximate surface area is 133 Å². The summed E-state index contributed by atoms with van der Waals surface area (Å²) in [5.74, 6) is 0.774. The van der Waals surface area contributed by atoms with Crippen molar-refractivity contribution in [2.24, 2.45) is 7.05 Å². The first-order chi connectivity index (χ1) is 11.2. The van der Waals surface area contributed by atoms with Crippen LogP contribution in [0.1, 0.15) is 0 Å². The van der Waals surface area contributed by atoms with Gasteiger partial charge in [0.25, 0.3) is 0 Å². The van der Waals surface area contributed by atoms with Gasteiger partial charge in [-0.05, 0) is 24.3 Å². The number of rotatable bonds is 4. The van der Waals surface area contributed by atoms with E-state index in [2.05, 4.69) is 20.8 Å². The minimum absolute atomic E-state index is 0.0900. The minimum atomic E-state index is -0.273. The van der Waals surface area contributed by atoms with Gasteiger partial charge in [0.1, 0.15) is 6.33 Å². The van der Waals surface area contributed by atoms with Crippen molar-refractivity contribution in [3.8, 4) is 11.4 Å². The summed E-state index contributed by atoms with van der Waals surface area (Å²) >= 11 is 0. The average molecular weight is 317 g/mol. The molecule has 0 spiro atoms. The lowest BCUT2D eigenvalue weighted by Gasteiger charge is -2.23. The van der Waals surface area contributed by atoms with Gasteiger partial charge in [0.15, 0.2) is 5.82 Å². The first-order valence-electron chi connectivity index (χ1n) is 7.41. The highest BCUT2D eigenvalue weighted by atomic mass is 16.6. The summed E-state index contributed by atoms with van der Waals surface area (Å²) in [6, 6.07) is 7.15. The van der Waals surface area contributed by atoms with E-state index in [1.807, 2.05) is 35.9 Å². The Morgan fingerprint density at radius 3 is 2.83 bits per heavy atom. The predicted octanol–water partition coefficient (Wildman–Crippen LogP) is 1.02. The van der Waals surface area contributed by atoms with Gasteiger partial charge in [-0.25, -0.2) is 4.79 Å². The number of anilines is 1. The number of ether oxygens (including phenoxy) is 2. The third-order valence-electron chi connectivity index (χ3n) is 3.49. The van der Waals surface area contributed by atoms with Gasteiger partial charge in [-0.2, -0.15) is 0 Å². The van der Waals surface area contributed by atoms with Crippen molar-refractivity contribution in [2.45, 2.75) is 6.10 Å². The molecule has 0 saturated carbocycles. The van der Waals surface area contributed by atoms with Gasteiger partial charge in [-0.1, -0.05) is 0 Å². The fourth-order valence-electron chi connectivity index (χ4n) is 2.28. The van der Waals surface area contributed by atoms with E-state index >= 15 is 0 Å². The van der Waals surface area contributed by atoms with Crippen LogP contribution in [0.5, 0.6) is 0 Å². The number of carbonyl (C=O) groups excluding carboxylic acids is 1. The molecule has 2 aromatic rings. The van der Waals surface area contributed by atoms with Crippen LogP contribution in [0.2, 0.25) is 0 Å². The Balaban J connectivity index is 1.51. The third-order valence-corrected chi connectivity index (χ3v) is 3.49. The molecule has 1 aliphatic heterocycles. The SMILES string of the molecule is Cn1cnnc1-c1ccc(NC(=O)NC[C@H]2COCCO2)cc1. The number of aromatic nitrogens is 3. The van der Waals surface area contributed by atoms with Crippen LogP contribution in [0.3, 0.4) is 0 Å². The molecule has 0 bridgehead atoms. The van der Waals surface area contributed by atoms with Crippen LogP contribution in [0.25, 0.3) is 11.4 Å². The molecule has 23 heavy (non-hydrogen) atoms. The summed E-state index contributed by atoms with van der Waals surface area (Å²) in [4.78, 5) is 11.9. The number of hydrogen-bond donors (Lipinski definition) is 2. The Morgan fingerprint density at radius 2 is 2.17 bits per heavy atom. The Morgan fingerprint density at radius 1 is 1.35 bits per heavy atom. The largest absolute Gasteiger partial charge is 0.376 e. The van der Waals surface area contributed by atoms with Crippen LogP contribution >= 0.6 is 0 Å². The number of hydrogen-bond acceptors (Lipinski definition) is 5. The average Bonchev–Trinajstić information content (AvgIpc) is 3.01. The number of nitrogens with zero attached hydrogens (tertiary/aromatic N) is 3. The number of carbonyl (C=O) groups is 1. The maximum Gasteiger partial charge on any atom is 0.319 e. The first-order valence-corrected chi connectivity index (χ1v) is 7.41. The third kappa shape index (κ3) is 4.05. The molecule has 8 nitrogen and oxygen atoms in total. The predicted molar refractivity (Wildman–Crippen MR) is 84.0 cm³/mol. The van der Waals surface area contributed by atoms with Crippen LogP contribution < -0.4 is 10.6 Å². The maximum atomic E-state index is 11.9. The minimum Gasteiger partial charge on any atom is -0.376 e. The molecule has 122 valence electrons. The number of urea groups is 1. The molecule has 3 rings (SSSR count). The van der Waals surface area contributed by atoms with Crippen LogP contribution in [0, 0.1) is 0 Å². The van der Waals surface area contributed by atoms with Gasteiger partial charge in [0.05, 0.1) is 25.9 Å². The first kappa shape index (κ1) is 15.4. The van der Waals surface area contributed by atoms with Crippen molar-refractivity contribution >= 4 is 11.7 Å². The zero-order valence-electron chi connectivity index (χ0n) is 12.9. The highest BCUT2D eigenvalue weighted by molar-refractivity contribution is 5.89. The van der Waals surface area contributed by atoms with Gasteiger partial charge in [0, 0.05) is 24.8 Å². The molecule has 1 aromatic carbocycles. The van der Waals surface area contributed by atoms with Crippen LogP contribution in [-0.2, 0) is 16.5 Å². The molecule has 8 heteroatoms. The number of benzene rings is 1. The van der Waals surface area contributed by atoms with Crippen molar-refractivity contribution in [3.63, 3.8) is 0 Å². The summed E-state index contributed by atoms with van der Waals surface area (Å²) < 4.78 is 12.6. The van der Waals surface area contributed by atoms with E-state index in [1.54, 1.807) is 6.33 Å². The van der Waals surface area contributed by atoms with Crippen LogP contribution in [0.4, 0.5) is 10.5 Å². The molecule has 1 aromatic heterocycles. The Kier molecular flexibility index (Phi) is 4.84. The number of aryl methyl sites for hydroxylation is 1. The van der Waals surface area contributed by atoms with E-state index < -0.39 is 0 Å². The molecule has 1 atom stereocenters. The van der Waals surface area contributed by atoms with Gasteiger partial charge < -0.3 is 24.7 Å². The van der Waals surface area contributed by atoms with E-state index in [9.17, 15) is 4.79 Å². The van der Waals surface area contributed by atoms with Crippen LogP contribution in [-0.4, -0.2) is 53.3 Å². The van der Waals surface area contributed by atoms with Crippen molar-refractivity contribution in [3.05, 3.63) is 30.6 Å². The van der Waals surface area contributed by atoms with Gasteiger partial charge >= 0.3 is 6.03 Å². The molecule has 1 aliphatic rings. The molecule has 0 aliphatic carbocycles. The highest BCUT2D eigenvalue weighted by Gasteiger charge is 2.15. The molecule has 1 fully saturated rings. The second-order valence-electron chi connectivity index (χ2n) is 5.25. The van der Waals surface area contributed by atoms with Crippen molar-refractivity contribution in [2.75, 3.05) is 31.7 Å². The standard InChI is InChI=1S/C15H19N5O3/c1-20-10-17-19-14(20)11-2-4-12(5-3-11)18-15(21)16-8-13-9-22-6-7-23-13/h2-5,10,13H,6-9H2,1H3,(H2,16,18,21)/t13-/m0/s1. The molecular formula is C15H19N5O3. The molecule has 1 saturated heterocycles. The van der Waals surface area contributed by atoms with Crippen molar-refractivity contribution < 1.29 is 14.3 Å². The summed E-state index contributed by atoms with van der Waals surface area (Å²) in [5.41, 5.74) is 1.64. The summed E-state index contributed by atoms with van der Waals surface area (Å²) in [7, 11) is 1.88. The molecule has 0 unspecified atom stereocenters. The van der Waals surface area contributed by atoms with Gasteiger partial charge in [-0.3, -0.25) is 0 Å².